The first-order chi connectivity index (χ1) is 12.1. The predicted molar refractivity (Wildman–Crippen MR) is 98.2 cm³/mol. The van der Waals surface area contributed by atoms with Crippen molar-refractivity contribution < 1.29 is 14.3 Å². The Morgan fingerprint density at radius 1 is 1.24 bits per heavy atom. The number of nitrogens with zero attached hydrogens (tertiary/aromatic N) is 1. The molecule has 5 nitrogen and oxygen atoms in total. The lowest BCUT2D eigenvalue weighted by Gasteiger charge is -2.34. The SMILES string of the molecule is Cc1cc(=O)oc2cc(OCCN(C)C3CCC(CO)CC3)ccc12. The topological polar surface area (TPSA) is 62.9 Å². The first-order valence-corrected chi connectivity index (χ1v) is 9.05. The standard InChI is InChI=1S/C20H27NO4/c1-14-11-20(23)25-19-12-17(7-8-18(14)19)24-10-9-21(2)16-5-3-15(13-22)4-6-16/h7-8,11-12,15-16,22H,3-6,9-10,13H2,1-2H3. The van der Waals surface area contributed by atoms with E-state index in [1.165, 1.54) is 6.07 Å². The number of ether oxygens (including phenoxy) is 1. The smallest absolute Gasteiger partial charge is 0.336 e. The number of fused-ring (bicyclic) bond motifs is 1. The van der Waals surface area contributed by atoms with Crippen LogP contribution in [0.15, 0.2) is 33.5 Å². The number of aliphatic hydroxyl groups excluding tert-OH is 1. The van der Waals surface area contributed by atoms with Crippen molar-refractivity contribution in [1.29, 1.82) is 0 Å². The van der Waals surface area contributed by atoms with Gasteiger partial charge in [-0.15, -0.1) is 0 Å². The van der Waals surface area contributed by atoms with Crippen LogP contribution in [0.25, 0.3) is 11.0 Å². The predicted octanol–water partition coefficient (Wildman–Crippen LogP) is 2.96. The lowest BCUT2D eigenvalue weighted by atomic mass is 9.86. The molecule has 0 saturated heterocycles. The van der Waals surface area contributed by atoms with Gasteiger partial charge in [0, 0.05) is 36.7 Å². The molecule has 0 spiro atoms. The van der Waals surface area contributed by atoms with E-state index in [0.717, 1.165) is 48.9 Å². The zero-order valence-electron chi connectivity index (χ0n) is 15.0. The van der Waals surface area contributed by atoms with E-state index in [0.29, 0.717) is 30.8 Å². The molecule has 1 fully saturated rings. The summed E-state index contributed by atoms with van der Waals surface area (Å²) in [5, 5.41) is 10.2. The van der Waals surface area contributed by atoms with Crippen molar-refractivity contribution in [3.05, 3.63) is 40.2 Å². The van der Waals surface area contributed by atoms with E-state index in [-0.39, 0.29) is 5.63 Å². The van der Waals surface area contributed by atoms with Crippen LogP contribution >= 0.6 is 0 Å². The molecule has 1 saturated carbocycles. The first-order valence-electron chi connectivity index (χ1n) is 9.05. The van der Waals surface area contributed by atoms with Gasteiger partial charge in [-0.3, -0.25) is 0 Å². The molecule has 0 aliphatic heterocycles. The Hall–Kier alpha value is -1.85. The minimum atomic E-state index is -0.333. The summed E-state index contributed by atoms with van der Waals surface area (Å²) in [7, 11) is 2.14. The van der Waals surface area contributed by atoms with Gasteiger partial charge in [0.25, 0.3) is 0 Å². The Kier molecular flexibility index (Phi) is 5.76. The number of likely N-dealkylation sites (N-methyl/N-ethyl adjacent to an activating group) is 1. The quantitative estimate of drug-likeness (QED) is 0.816. The fourth-order valence-electron chi connectivity index (χ4n) is 3.65. The van der Waals surface area contributed by atoms with Gasteiger partial charge in [0.15, 0.2) is 0 Å². The van der Waals surface area contributed by atoms with E-state index in [1.54, 1.807) is 6.07 Å². The highest BCUT2D eigenvalue weighted by molar-refractivity contribution is 5.81. The van der Waals surface area contributed by atoms with Crippen molar-refractivity contribution >= 4 is 11.0 Å². The summed E-state index contributed by atoms with van der Waals surface area (Å²) in [6.07, 6.45) is 4.50. The van der Waals surface area contributed by atoms with Gasteiger partial charge in [0.1, 0.15) is 17.9 Å². The minimum Gasteiger partial charge on any atom is -0.492 e. The third-order valence-corrected chi connectivity index (χ3v) is 5.33. The molecule has 25 heavy (non-hydrogen) atoms. The van der Waals surface area contributed by atoms with Crippen LogP contribution in [0.5, 0.6) is 5.75 Å². The lowest BCUT2D eigenvalue weighted by Crippen LogP contribution is -2.38. The zero-order valence-corrected chi connectivity index (χ0v) is 15.0. The molecule has 0 radical (unpaired) electrons. The van der Waals surface area contributed by atoms with Gasteiger partial charge in [-0.25, -0.2) is 4.79 Å². The second-order valence-corrected chi connectivity index (χ2v) is 7.09. The Bertz CT molecular complexity index is 762. The molecule has 1 aliphatic carbocycles. The summed E-state index contributed by atoms with van der Waals surface area (Å²) in [6, 6.07) is 7.72. The fraction of sp³-hybridized carbons (Fsp3) is 0.550. The molecule has 1 aliphatic rings. The average molecular weight is 345 g/mol. The van der Waals surface area contributed by atoms with Crippen LogP contribution in [0.3, 0.4) is 0 Å². The van der Waals surface area contributed by atoms with Gasteiger partial charge >= 0.3 is 5.63 Å². The van der Waals surface area contributed by atoms with Crippen molar-refractivity contribution in [2.45, 2.75) is 38.6 Å². The molecule has 0 atom stereocenters. The van der Waals surface area contributed by atoms with E-state index in [9.17, 15) is 9.90 Å². The fourth-order valence-corrected chi connectivity index (χ4v) is 3.65. The minimum absolute atomic E-state index is 0.317. The molecule has 0 unspecified atom stereocenters. The van der Waals surface area contributed by atoms with E-state index in [1.807, 2.05) is 19.1 Å². The number of aryl methyl sites for hydroxylation is 1. The van der Waals surface area contributed by atoms with Gasteiger partial charge in [-0.1, -0.05) is 0 Å². The van der Waals surface area contributed by atoms with Crippen LogP contribution in [0, 0.1) is 12.8 Å². The monoisotopic (exact) mass is 345 g/mol. The van der Waals surface area contributed by atoms with Crippen LogP contribution in [0.4, 0.5) is 0 Å². The Balaban J connectivity index is 1.53. The third-order valence-electron chi connectivity index (χ3n) is 5.33. The molecule has 1 heterocycles. The summed E-state index contributed by atoms with van der Waals surface area (Å²) in [6.45, 7) is 3.67. The van der Waals surface area contributed by atoms with Crippen LogP contribution in [-0.2, 0) is 0 Å². The van der Waals surface area contributed by atoms with Crippen LogP contribution in [0.1, 0.15) is 31.2 Å². The summed E-state index contributed by atoms with van der Waals surface area (Å²) in [5.74, 6) is 1.20. The van der Waals surface area contributed by atoms with Crippen molar-refractivity contribution in [3.8, 4) is 5.75 Å². The molecule has 1 aromatic carbocycles. The highest BCUT2D eigenvalue weighted by Crippen LogP contribution is 2.26. The second kappa shape index (κ2) is 8.02. The van der Waals surface area contributed by atoms with Gasteiger partial charge in [0.2, 0.25) is 0 Å². The van der Waals surface area contributed by atoms with Crippen LogP contribution in [-0.4, -0.2) is 42.9 Å². The van der Waals surface area contributed by atoms with Crippen molar-refractivity contribution in [2.75, 3.05) is 26.8 Å². The summed E-state index contributed by atoms with van der Waals surface area (Å²) in [4.78, 5) is 13.9. The summed E-state index contributed by atoms with van der Waals surface area (Å²) < 4.78 is 11.1. The highest BCUT2D eigenvalue weighted by Gasteiger charge is 2.23. The van der Waals surface area contributed by atoms with Crippen molar-refractivity contribution in [3.63, 3.8) is 0 Å². The third kappa shape index (κ3) is 4.41. The molecule has 136 valence electrons. The van der Waals surface area contributed by atoms with Gasteiger partial charge < -0.3 is 19.2 Å². The Morgan fingerprint density at radius 2 is 2.00 bits per heavy atom. The largest absolute Gasteiger partial charge is 0.492 e. The van der Waals surface area contributed by atoms with E-state index in [4.69, 9.17) is 9.15 Å². The van der Waals surface area contributed by atoms with Crippen LogP contribution in [0.2, 0.25) is 0 Å². The zero-order chi connectivity index (χ0) is 17.8. The Labute approximate surface area is 148 Å². The molecule has 1 aromatic heterocycles. The van der Waals surface area contributed by atoms with Gasteiger partial charge in [0.05, 0.1) is 0 Å². The Morgan fingerprint density at radius 3 is 2.72 bits per heavy atom. The van der Waals surface area contributed by atoms with E-state index in [2.05, 4.69) is 11.9 Å². The number of aliphatic hydroxyl groups is 1. The second-order valence-electron chi connectivity index (χ2n) is 7.09. The summed E-state index contributed by atoms with van der Waals surface area (Å²) >= 11 is 0. The maximum absolute atomic E-state index is 11.5. The molecule has 5 heteroatoms. The molecule has 1 N–H and O–H groups in total. The molecule has 3 rings (SSSR count). The van der Waals surface area contributed by atoms with Gasteiger partial charge in [-0.05, 0) is 63.3 Å². The normalized spacial score (nSPS) is 21.0. The molecule has 0 amide bonds. The number of hydrogen-bond donors (Lipinski definition) is 1. The van der Waals surface area contributed by atoms with Crippen molar-refractivity contribution in [1.82, 2.24) is 4.90 Å². The maximum Gasteiger partial charge on any atom is 0.336 e. The number of rotatable bonds is 6. The molecule has 2 aromatic rings. The van der Waals surface area contributed by atoms with E-state index < -0.39 is 0 Å². The first kappa shape index (κ1) is 18.0. The molecule has 0 bridgehead atoms. The average Bonchev–Trinajstić information content (AvgIpc) is 2.61. The number of hydrogen-bond acceptors (Lipinski definition) is 5. The summed E-state index contributed by atoms with van der Waals surface area (Å²) in [5.41, 5.74) is 1.15. The molecular weight excluding hydrogens is 318 g/mol. The van der Waals surface area contributed by atoms with E-state index >= 15 is 0 Å². The number of benzene rings is 1. The molecular formula is C20H27NO4. The van der Waals surface area contributed by atoms with Crippen molar-refractivity contribution in [2.24, 2.45) is 5.92 Å². The van der Waals surface area contributed by atoms with Crippen LogP contribution < -0.4 is 10.4 Å². The van der Waals surface area contributed by atoms with Gasteiger partial charge in [-0.2, -0.15) is 0 Å². The maximum atomic E-state index is 11.5. The highest BCUT2D eigenvalue weighted by atomic mass is 16.5. The lowest BCUT2D eigenvalue weighted by molar-refractivity contribution is 0.116.